The predicted molar refractivity (Wildman–Crippen MR) is 70.3 cm³/mol. The molecule has 1 aromatic rings. The van der Waals surface area contributed by atoms with Gasteiger partial charge in [0, 0.05) is 0 Å². The van der Waals surface area contributed by atoms with Crippen molar-refractivity contribution in [1.82, 2.24) is 0 Å². The molecule has 0 heterocycles. The molecule has 1 N–H and O–H groups in total. The molecule has 1 fully saturated rings. The minimum absolute atomic E-state index is 0.174. The van der Waals surface area contributed by atoms with E-state index in [-0.39, 0.29) is 11.7 Å². The Labute approximate surface area is 108 Å². The fourth-order valence-electron chi connectivity index (χ4n) is 2.45. The zero-order chi connectivity index (χ0) is 13.0. The van der Waals surface area contributed by atoms with E-state index in [4.69, 9.17) is 4.74 Å². The molecule has 0 atom stereocenters. The minimum Gasteiger partial charge on any atom is -0.490 e. The van der Waals surface area contributed by atoms with Crippen molar-refractivity contribution in [2.24, 2.45) is 0 Å². The van der Waals surface area contributed by atoms with Gasteiger partial charge in [0.25, 0.3) is 0 Å². The molecule has 1 aliphatic rings. The van der Waals surface area contributed by atoms with Crippen LogP contribution < -0.4 is 4.74 Å². The molecule has 0 bridgehead atoms. The first-order valence-electron chi connectivity index (χ1n) is 6.67. The van der Waals surface area contributed by atoms with Gasteiger partial charge in [0.1, 0.15) is 11.3 Å². The summed E-state index contributed by atoms with van der Waals surface area (Å²) in [5.74, 6) is -0.401. The third-order valence-corrected chi connectivity index (χ3v) is 3.46. The molecule has 3 heteroatoms. The lowest BCUT2D eigenvalue weighted by Crippen LogP contribution is -2.17. The Morgan fingerprint density at radius 1 is 1.22 bits per heavy atom. The second-order valence-corrected chi connectivity index (χ2v) is 5.04. The van der Waals surface area contributed by atoms with Gasteiger partial charge in [0.2, 0.25) is 0 Å². The fourth-order valence-corrected chi connectivity index (χ4v) is 2.45. The SMILES string of the molecule is Cc1ccc(OC2CCCCCC2)c(C(=O)O)c1. The van der Waals surface area contributed by atoms with Crippen LogP contribution in [-0.2, 0) is 0 Å². The number of carbonyl (C=O) groups is 1. The number of carboxylic acid groups (broad SMARTS) is 1. The van der Waals surface area contributed by atoms with Crippen LogP contribution in [0.2, 0.25) is 0 Å². The van der Waals surface area contributed by atoms with Crippen molar-refractivity contribution in [3.63, 3.8) is 0 Å². The monoisotopic (exact) mass is 248 g/mol. The van der Waals surface area contributed by atoms with E-state index in [0.29, 0.717) is 5.75 Å². The molecular weight excluding hydrogens is 228 g/mol. The van der Waals surface area contributed by atoms with E-state index in [0.717, 1.165) is 18.4 Å². The number of benzene rings is 1. The predicted octanol–water partition coefficient (Wildman–Crippen LogP) is 3.79. The number of hydrogen-bond acceptors (Lipinski definition) is 2. The van der Waals surface area contributed by atoms with Crippen molar-refractivity contribution in [2.45, 2.75) is 51.6 Å². The van der Waals surface area contributed by atoms with Gasteiger partial charge in [-0.1, -0.05) is 24.5 Å². The van der Waals surface area contributed by atoms with E-state index >= 15 is 0 Å². The Kier molecular flexibility index (Phi) is 4.24. The number of hydrogen-bond donors (Lipinski definition) is 1. The Morgan fingerprint density at radius 2 is 1.89 bits per heavy atom. The first-order chi connectivity index (χ1) is 8.66. The zero-order valence-corrected chi connectivity index (χ0v) is 10.8. The van der Waals surface area contributed by atoms with Crippen molar-refractivity contribution in [1.29, 1.82) is 0 Å². The lowest BCUT2D eigenvalue weighted by molar-refractivity contribution is 0.0688. The third kappa shape index (κ3) is 3.25. The Hall–Kier alpha value is -1.51. The summed E-state index contributed by atoms with van der Waals surface area (Å²) in [6, 6.07) is 5.36. The highest BCUT2D eigenvalue weighted by molar-refractivity contribution is 5.91. The molecule has 98 valence electrons. The number of aromatic carboxylic acids is 1. The second-order valence-electron chi connectivity index (χ2n) is 5.04. The molecule has 0 amide bonds. The van der Waals surface area contributed by atoms with Gasteiger partial charge in [-0.3, -0.25) is 0 Å². The van der Waals surface area contributed by atoms with Crippen LogP contribution in [0.1, 0.15) is 54.4 Å². The van der Waals surface area contributed by atoms with E-state index < -0.39 is 5.97 Å². The molecule has 1 aromatic carbocycles. The van der Waals surface area contributed by atoms with Crippen LogP contribution in [0, 0.1) is 6.92 Å². The average molecular weight is 248 g/mol. The van der Waals surface area contributed by atoms with Crippen LogP contribution in [0.4, 0.5) is 0 Å². The first kappa shape index (κ1) is 12.9. The minimum atomic E-state index is -0.915. The molecular formula is C15H20O3. The summed E-state index contributed by atoms with van der Waals surface area (Å²) >= 11 is 0. The largest absolute Gasteiger partial charge is 0.490 e. The molecule has 2 rings (SSSR count). The first-order valence-corrected chi connectivity index (χ1v) is 6.67. The van der Waals surface area contributed by atoms with E-state index in [1.54, 1.807) is 12.1 Å². The summed E-state index contributed by atoms with van der Waals surface area (Å²) in [5, 5.41) is 9.20. The summed E-state index contributed by atoms with van der Waals surface area (Å²) in [5.41, 5.74) is 1.22. The summed E-state index contributed by atoms with van der Waals surface area (Å²) in [6.45, 7) is 1.89. The topological polar surface area (TPSA) is 46.5 Å². The number of carboxylic acids is 1. The second kappa shape index (κ2) is 5.89. The van der Waals surface area contributed by atoms with Crippen molar-refractivity contribution < 1.29 is 14.6 Å². The normalized spacial score (nSPS) is 17.2. The van der Waals surface area contributed by atoms with Crippen LogP contribution in [0.5, 0.6) is 5.75 Å². The smallest absolute Gasteiger partial charge is 0.339 e. The standard InChI is InChI=1S/C15H20O3/c1-11-8-9-14(13(10-11)15(16)17)18-12-6-4-2-3-5-7-12/h8-10,12H,2-7H2,1H3,(H,16,17). The van der Waals surface area contributed by atoms with Crippen LogP contribution in [0.15, 0.2) is 18.2 Å². The summed E-state index contributed by atoms with van der Waals surface area (Å²) in [4.78, 5) is 11.2. The Bertz CT molecular complexity index is 418. The van der Waals surface area contributed by atoms with Crippen molar-refractivity contribution in [3.8, 4) is 5.75 Å². The Morgan fingerprint density at radius 3 is 2.50 bits per heavy atom. The number of aryl methyl sites for hydroxylation is 1. The molecule has 18 heavy (non-hydrogen) atoms. The lowest BCUT2D eigenvalue weighted by atomic mass is 10.1. The van der Waals surface area contributed by atoms with Gasteiger partial charge in [0.05, 0.1) is 6.10 Å². The van der Waals surface area contributed by atoms with Gasteiger partial charge >= 0.3 is 5.97 Å². The summed E-state index contributed by atoms with van der Waals surface area (Å²) < 4.78 is 5.90. The maximum Gasteiger partial charge on any atom is 0.339 e. The molecule has 1 aliphatic carbocycles. The van der Waals surface area contributed by atoms with Crippen molar-refractivity contribution in [3.05, 3.63) is 29.3 Å². The Balaban J connectivity index is 2.14. The number of ether oxygens (including phenoxy) is 1. The van der Waals surface area contributed by atoms with Gasteiger partial charge in [-0.05, 0) is 44.7 Å². The maximum atomic E-state index is 11.2. The molecule has 1 saturated carbocycles. The van der Waals surface area contributed by atoms with E-state index in [1.165, 1.54) is 25.7 Å². The van der Waals surface area contributed by atoms with E-state index in [1.807, 2.05) is 13.0 Å². The van der Waals surface area contributed by atoms with E-state index in [2.05, 4.69) is 0 Å². The summed E-state index contributed by atoms with van der Waals surface area (Å²) in [6.07, 6.45) is 7.13. The quantitative estimate of drug-likeness (QED) is 0.828. The third-order valence-electron chi connectivity index (χ3n) is 3.46. The van der Waals surface area contributed by atoms with Crippen molar-refractivity contribution in [2.75, 3.05) is 0 Å². The average Bonchev–Trinajstić information content (AvgIpc) is 2.60. The van der Waals surface area contributed by atoms with Crippen LogP contribution in [0.3, 0.4) is 0 Å². The lowest BCUT2D eigenvalue weighted by Gasteiger charge is -2.18. The van der Waals surface area contributed by atoms with Crippen LogP contribution in [0.25, 0.3) is 0 Å². The molecule has 0 saturated heterocycles. The molecule has 0 aromatic heterocycles. The molecule has 0 radical (unpaired) electrons. The highest BCUT2D eigenvalue weighted by atomic mass is 16.5. The van der Waals surface area contributed by atoms with Gasteiger partial charge in [0.15, 0.2) is 0 Å². The highest BCUT2D eigenvalue weighted by Gasteiger charge is 2.17. The summed E-state index contributed by atoms with van der Waals surface area (Å²) in [7, 11) is 0. The molecule has 0 aliphatic heterocycles. The molecule has 0 spiro atoms. The van der Waals surface area contributed by atoms with Gasteiger partial charge in [-0.25, -0.2) is 4.79 Å². The van der Waals surface area contributed by atoms with Gasteiger partial charge in [-0.2, -0.15) is 0 Å². The van der Waals surface area contributed by atoms with E-state index in [9.17, 15) is 9.90 Å². The molecule has 0 unspecified atom stereocenters. The number of rotatable bonds is 3. The fraction of sp³-hybridized carbons (Fsp3) is 0.533. The molecule has 3 nitrogen and oxygen atoms in total. The van der Waals surface area contributed by atoms with Crippen molar-refractivity contribution >= 4 is 5.97 Å². The van der Waals surface area contributed by atoms with Crippen LogP contribution in [-0.4, -0.2) is 17.2 Å². The van der Waals surface area contributed by atoms with Gasteiger partial charge in [-0.15, -0.1) is 0 Å². The highest BCUT2D eigenvalue weighted by Crippen LogP contribution is 2.26. The maximum absolute atomic E-state index is 11.2. The zero-order valence-electron chi connectivity index (χ0n) is 10.8. The van der Waals surface area contributed by atoms with Gasteiger partial charge < -0.3 is 9.84 Å². The van der Waals surface area contributed by atoms with Crippen LogP contribution >= 0.6 is 0 Å².